The van der Waals surface area contributed by atoms with Gasteiger partial charge in [0.15, 0.2) is 5.13 Å². The molecule has 4 rings (SSSR count). The highest BCUT2D eigenvalue weighted by atomic mass is 32.1. The van der Waals surface area contributed by atoms with Crippen molar-refractivity contribution in [2.75, 3.05) is 11.9 Å². The number of aromatic nitrogens is 1. The fourth-order valence-electron chi connectivity index (χ4n) is 4.12. The van der Waals surface area contributed by atoms with Crippen LogP contribution in [0.2, 0.25) is 0 Å². The third kappa shape index (κ3) is 3.94. The number of thiazole rings is 1. The quantitative estimate of drug-likeness (QED) is 0.707. The van der Waals surface area contributed by atoms with Crippen molar-refractivity contribution >= 4 is 34.3 Å². The molecule has 1 saturated heterocycles. The van der Waals surface area contributed by atoms with E-state index in [9.17, 15) is 18.8 Å². The zero-order valence-corrected chi connectivity index (χ0v) is 17.4. The lowest BCUT2D eigenvalue weighted by Gasteiger charge is -2.34. The maximum absolute atomic E-state index is 13.1. The normalized spacial score (nSPS) is 23.7. The SMILES string of the molecule is CCC1CCC2(CC1)NC(=O)N(CC(=O)Nc1nc(-c3ccc(F)cc3)cs1)C2=O. The van der Waals surface area contributed by atoms with E-state index in [1.807, 2.05) is 0 Å². The average Bonchev–Trinajstić information content (AvgIpc) is 3.28. The van der Waals surface area contributed by atoms with Gasteiger partial charge in [-0.05, 0) is 55.9 Å². The zero-order valence-electron chi connectivity index (χ0n) is 16.6. The van der Waals surface area contributed by atoms with E-state index in [1.54, 1.807) is 17.5 Å². The van der Waals surface area contributed by atoms with Gasteiger partial charge in [0, 0.05) is 10.9 Å². The van der Waals surface area contributed by atoms with Crippen molar-refractivity contribution in [3.05, 3.63) is 35.5 Å². The number of urea groups is 1. The maximum atomic E-state index is 13.1. The lowest BCUT2D eigenvalue weighted by molar-refractivity contribution is -0.135. The van der Waals surface area contributed by atoms with Crippen molar-refractivity contribution in [3.8, 4) is 11.3 Å². The Balaban J connectivity index is 1.38. The van der Waals surface area contributed by atoms with Gasteiger partial charge in [-0.25, -0.2) is 14.2 Å². The van der Waals surface area contributed by atoms with Gasteiger partial charge in [0.1, 0.15) is 17.9 Å². The minimum Gasteiger partial charge on any atom is -0.323 e. The molecule has 2 heterocycles. The summed E-state index contributed by atoms with van der Waals surface area (Å²) >= 11 is 1.22. The number of halogens is 1. The van der Waals surface area contributed by atoms with Crippen molar-refractivity contribution in [2.45, 2.75) is 44.6 Å². The molecule has 4 amide bonds. The van der Waals surface area contributed by atoms with Crippen molar-refractivity contribution in [1.82, 2.24) is 15.2 Å². The van der Waals surface area contributed by atoms with Crippen molar-refractivity contribution in [2.24, 2.45) is 5.92 Å². The number of hydrogen-bond donors (Lipinski definition) is 2. The van der Waals surface area contributed by atoms with Crippen LogP contribution in [-0.2, 0) is 9.59 Å². The molecule has 0 unspecified atom stereocenters. The number of rotatable bonds is 5. The van der Waals surface area contributed by atoms with Gasteiger partial charge in [-0.15, -0.1) is 11.3 Å². The summed E-state index contributed by atoms with van der Waals surface area (Å²) in [5, 5.41) is 7.57. The predicted octanol–water partition coefficient (Wildman–Crippen LogP) is 3.78. The summed E-state index contributed by atoms with van der Waals surface area (Å²) in [5.41, 5.74) is 0.476. The number of anilines is 1. The Labute approximate surface area is 177 Å². The van der Waals surface area contributed by atoms with Crippen LogP contribution < -0.4 is 10.6 Å². The molecule has 0 atom stereocenters. The van der Waals surface area contributed by atoms with E-state index in [1.165, 1.54) is 23.5 Å². The van der Waals surface area contributed by atoms with Gasteiger partial charge in [-0.3, -0.25) is 14.5 Å². The molecule has 1 aliphatic heterocycles. The van der Waals surface area contributed by atoms with Crippen LogP contribution in [0, 0.1) is 11.7 Å². The lowest BCUT2D eigenvalue weighted by Crippen LogP contribution is -2.49. The van der Waals surface area contributed by atoms with E-state index < -0.39 is 17.5 Å². The van der Waals surface area contributed by atoms with Crippen molar-refractivity contribution < 1.29 is 18.8 Å². The van der Waals surface area contributed by atoms with Gasteiger partial charge < -0.3 is 10.6 Å². The van der Waals surface area contributed by atoms with Gasteiger partial charge in [-0.2, -0.15) is 0 Å². The Morgan fingerprint density at radius 1 is 1.30 bits per heavy atom. The van der Waals surface area contributed by atoms with Gasteiger partial charge in [0.05, 0.1) is 5.69 Å². The number of hydrogen-bond acceptors (Lipinski definition) is 5. The Morgan fingerprint density at radius 3 is 2.67 bits per heavy atom. The van der Waals surface area contributed by atoms with E-state index in [0.29, 0.717) is 29.6 Å². The number of nitrogens with zero attached hydrogens (tertiary/aromatic N) is 2. The molecule has 9 heteroatoms. The summed E-state index contributed by atoms with van der Waals surface area (Å²) in [5.74, 6) is -0.559. The maximum Gasteiger partial charge on any atom is 0.325 e. The Hall–Kier alpha value is -2.81. The van der Waals surface area contributed by atoms with Crippen LogP contribution in [0.4, 0.5) is 14.3 Å². The highest BCUT2D eigenvalue weighted by molar-refractivity contribution is 7.14. The van der Waals surface area contributed by atoms with Gasteiger partial charge in [0.2, 0.25) is 5.91 Å². The number of benzene rings is 1. The first-order chi connectivity index (χ1) is 14.4. The summed E-state index contributed by atoms with van der Waals surface area (Å²) in [6.45, 7) is 1.78. The molecule has 30 heavy (non-hydrogen) atoms. The summed E-state index contributed by atoms with van der Waals surface area (Å²) in [4.78, 5) is 43.1. The molecule has 2 aliphatic rings. The van der Waals surface area contributed by atoms with E-state index >= 15 is 0 Å². The first-order valence-electron chi connectivity index (χ1n) is 10.1. The fourth-order valence-corrected chi connectivity index (χ4v) is 4.86. The Kier molecular flexibility index (Phi) is 5.55. The summed E-state index contributed by atoms with van der Waals surface area (Å²) in [6, 6.07) is 5.38. The first kappa shape index (κ1) is 20.5. The second-order valence-electron chi connectivity index (χ2n) is 7.85. The molecule has 2 N–H and O–H groups in total. The number of amides is 4. The van der Waals surface area contributed by atoms with E-state index in [-0.39, 0.29) is 18.3 Å². The van der Waals surface area contributed by atoms with Crippen LogP contribution in [0.25, 0.3) is 11.3 Å². The monoisotopic (exact) mass is 430 g/mol. The molecule has 1 spiro atoms. The minimum absolute atomic E-state index is 0.316. The second-order valence-corrected chi connectivity index (χ2v) is 8.71. The van der Waals surface area contributed by atoms with Crippen LogP contribution >= 0.6 is 11.3 Å². The van der Waals surface area contributed by atoms with Crippen LogP contribution in [0.3, 0.4) is 0 Å². The summed E-state index contributed by atoms with van der Waals surface area (Å²) in [7, 11) is 0. The standard InChI is InChI=1S/C21H23FN4O3S/c1-2-13-7-9-21(10-8-13)18(28)26(20(29)25-21)11-17(27)24-19-23-16(12-30-19)14-3-5-15(22)6-4-14/h3-6,12-13H,2,7-11H2,1H3,(H,25,29)(H,23,24,27). The molecule has 2 aromatic rings. The molecular weight excluding hydrogens is 407 g/mol. The number of carbonyl (C=O) groups is 3. The minimum atomic E-state index is -0.861. The largest absolute Gasteiger partial charge is 0.325 e. The summed E-state index contributed by atoms with van der Waals surface area (Å²) in [6.07, 6.45) is 4.09. The van der Waals surface area contributed by atoms with Gasteiger partial charge in [-0.1, -0.05) is 13.3 Å². The molecule has 0 bridgehead atoms. The van der Waals surface area contributed by atoms with Crippen LogP contribution in [-0.4, -0.2) is 39.8 Å². The van der Waals surface area contributed by atoms with Crippen molar-refractivity contribution in [3.63, 3.8) is 0 Å². The Morgan fingerprint density at radius 2 is 2.00 bits per heavy atom. The average molecular weight is 431 g/mol. The highest BCUT2D eigenvalue weighted by Gasteiger charge is 2.52. The molecule has 1 aromatic heterocycles. The zero-order chi connectivity index (χ0) is 21.3. The van der Waals surface area contributed by atoms with Gasteiger partial charge in [0.25, 0.3) is 5.91 Å². The second kappa shape index (κ2) is 8.14. The third-order valence-corrected chi connectivity index (χ3v) is 6.73. The number of nitrogens with one attached hydrogen (secondary N) is 2. The first-order valence-corrected chi connectivity index (χ1v) is 10.9. The molecular formula is C21H23FN4O3S. The predicted molar refractivity (Wildman–Crippen MR) is 111 cm³/mol. The van der Waals surface area contributed by atoms with Crippen LogP contribution in [0.15, 0.2) is 29.6 Å². The topological polar surface area (TPSA) is 91.4 Å². The van der Waals surface area contributed by atoms with Crippen molar-refractivity contribution in [1.29, 1.82) is 0 Å². The molecule has 158 valence electrons. The highest BCUT2D eigenvalue weighted by Crippen LogP contribution is 2.37. The molecule has 2 fully saturated rings. The van der Waals surface area contributed by atoms with Crippen LogP contribution in [0.1, 0.15) is 39.0 Å². The number of imide groups is 1. The smallest absolute Gasteiger partial charge is 0.323 e. The summed E-state index contributed by atoms with van der Waals surface area (Å²) < 4.78 is 13.1. The molecule has 7 nitrogen and oxygen atoms in total. The molecule has 1 saturated carbocycles. The molecule has 1 aliphatic carbocycles. The fraction of sp³-hybridized carbons (Fsp3) is 0.429. The van der Waals surface area contributed by atoms with E-state index in [4.69, 9.17) is 0 Å². The van der Waals surface area contributed by atoms with Crippen LogP contribution in [0.5, 0.6) is 0 Å². The molecule has 1 aromatic carbocycles. The third-order valence-electron chi connectivity index (χ3n) is 5.97. The molecule has 0 radical (unpaired) electrons. The Bertz CT molecular complexity index is 967. The van der Waals surface area contributed by atoms with Gasteiger partial charge >= 0.3 is 6.03 Å². The number of carbonyl (C=O) groups excluding carboxylic acids is 3. The van der Waals surface area contributed by atoms with E-state index in [0.717, 1.165) is 29.7 Å². The van der Waals surface area contributed by atoms with E-state index in [2.05, 4.69) is 22.5 Å². The lowest BCUT2D eigenvalue weighted by atomic mass is 9.75.